The van der Waals surface area contributed by atoms with Crippen molar-refractivity contribution in [3.8, 4) is 0 Å². The van der Waals surface area contributed by atoms with E-state index in [0.717, 1.165) is 31.7 Å². The molecule has 0 spiro atoms. The lowest BCUT2D eigenvalue weighted by atomic mass is 10.2. The molecule has 0 saturated carbocycles. The van der Waals surface area contributed by atoms with Crippen molar-refractivity contribution in [1.29, 1.82) is 0 Å². The zero-order valence-electron chi connectivity index (χ0n) is 9.04. The summed E-state index contributed by atoms with van der Waals surface area (Å²) in [6.07, 6.45) is 1.11. The first-order chi connectivity index (χ1) is 7.25. The van der Waals surface area contributed by atoms with Gasteiger partial charge in [0, 0.05) is 24.8 Å². The van der Waals surface area contributed by atoms with E-state index in [1.807, 2.05) is 6.07 Å². The third-order valence-electron chi connectivity index (χ3n) is 2.77. The molecule has 1 atom stereocenters. The number of benzene rings is 1. The van der Waals surface area contributed by atoms with Gasteiger partial charge in [0.1, 0.15) is 5.82 Å². The molecule has 0 bridgehead atoms. The molecule has 1 saturated heterocycles. The van der Waals surface area contributed by atoms with Crippen molar-refractivity contribution in [2.75, 3.05) is 24.5 Å². The summed E-state index contributed by atoms with van der Waals surface area (Å²) in [4.78, 5) is 2.24. The van der Waals surface area contributed by atoms with E-state index in [2.05, 4.69) is 17.1 Å². The summed E-state index contributed by atoms with van der Waals surface area (Å²) < 4.78 is 13.1. The minimum Gasteiger partial charge on any atom is -0.370 e. The summed E-state index contributed by atoms with van der Waals surface area (Å²) in [6, 6.07) is 7.31. The lowest BCUT2D eigenvalue weighted by Crippen LogP contribution is -2.35. The molecule has 0 radical (unpaired) electrons. The van der Waals surface area contributed by atoms with Crippen LogP contribution in [0.3, 0.4) is 0 Å². The normalized spacial score (nSPS) is 22.5. The van der Waals surface area contributed by atoms with Gasteiger partial charge in [-0.1, -0.05) is 6.07 Å². The van der Waals surface area contributed by atoms with Gasteiger partial charge in [-0.2, -0.15) is 0 Å². The van der Waals surface area contributed by atoms with Gasteiger partial charge in [0.15, 0.2) is 0 Å². The van der Waals surface area contributed by atoms with Crippen LogP contribution in [0.25, 0.3) is 0 Å². The van der Waals surface area contributed by atoms with E-state index in [1.54, 1.807) is 12.1 Å². The molecule has 0 aromatic heterocycles. The van der Waals surface area contributed by atoms with E-state index < -0.39 is 0 Å². The van der Waals surface area contributed by atoms with Gasteiger partial charge in [0.25, 0.3) is 0 Å². The van der Waals surface area contributed by atoms with Gasteiger partial charge in [-0.25, -0.2) is 4.39 Å². The number of anilines is 1. The van der Waals surface area contributed by atoms with Gasteiger partial charge in [-0.15, -0.1) is 0 Å². The zero-order chi connectivity index (χ0) is 10.7. The van der Waals surface area contributed by atoms with Gasteiger partial charge in [0.05, 0.1) is 0 Å². The highest BCUT2D eigenvalue weighted by molar-refractivity contribution is 5.46. The molecule has 3 heteroatoms. The van der Waals surface area contributed by atoms with E-state index in [9.17, 15) is 4.39 Å². The molecular weight excluding hydrogens is 191 g/mol. The first-order valence-corrected chi connectivity index (χ1v) is 5.49. The van der Waals surface area contributed by atoms with Crippen LogP contribution in [-0.2, 0) is 0 Å². The van der Waals surface area contributed by atoms with Crippen LogP contribution in [0.4, 0.5) is 10.1 Å². The summed E-state index contributed by atoms with van der Waals surface area (Å²) in [6.45, 7) is 5.16. The maximum atomic E-state index is 13.1. The summed E-state index contributed by atoms with van der Waals surface area (Å²) in [7, 11) is 0. The first-order valence-electron chi connectivity index (χ1n) is 5.49. The molecule has 1 unspecified atom stereocenters. The van der Waals surface area contributed by atoms with Gasteiger partial charge in [-0.05, 0) is 38.1 Å². The van der Waals surface area contributed by atoms with Crippen molar-refractivity contribution in [3.05, 3.63) is 30.1 Å². The maximum Gasteiger partial charge on any atom is 0.125 e. The Kier molecular flexibility index (Phi) is 3.21. The van der Waals surface area contributed by atoms with Crippen molar-refractivity contribution in [1.82, 2.24) is 5.32 Å². The second kappa shape index (κ2) is 4.62. The third-order valence-corrected chi connectivity index (χ3v) is 2.77. The largest absolute Gasteiger partial charge is 0.370 e. The van der Waals surface area contributed by atoms with Crippen LogP contribution < -0.4 is 10.2 Å². The van der Waals surface area contributed by atoms with E-state index >= 15 is 0 Å². The van der Waals surface area contributed by atoms with Crippen LogP contribution in [0.5, 0.6) is 0 Å². The lowest BCUT2D eigenvalue weighted by Gasteiger charge is -2.24. The molecule has 1 fully saturated rings. The molecule has 1 aromatic rings. The average molecular weight is 208 g/mol. The molecule has 1 N–H and O–H groups in total. The van der Waals surface area contributed by atoms with Crippen LogP contribution in [-0.4, -0.2) is 25.7 Å². The molecule has 1 aliphatic rings. The number of hydrogen-bond donors (Lipinski definition) is 1. The number of nitrogens with zero attached hydrogens (tertiary/aromatic N) is 1. The third kappa shape index (κ3) is 2.69. The number of hydrogen-bond acceptors (Lipinski definition) is 2. The Morgan fingerprint density at radius 1 is 1.47 bits per heavy atom. The molecule has 1 aromatic carbocycles. The number of rotatable bonds is 1. The van der Waals surface area contributed by atoms with E-state index in [4.69, 9.17) is 0 Å². The summed E-state index contributed by atoms with van der Waals surface area (Å²) in [5.41, 5.74) is 0.991. The van der Waals surface area contributed by atoms with Gasteiger partial charge < -0.3 is 10.2 Å². The van der Waals surface area contributed by atoms with Crippen LogP contribution in [0.2, 0.25) is 0 Å². The lowest BCUT2D eigenvalue weighted by molar-refractivity contribution is 0.584. The molecule has 82 valence electrons. The van der Waals surface area contributed by atoms with Crippen LogP contribution in [0.1, 0.15) is 13.3 Å². The Hall–Kier alpha value is -1.09. The molecule has 2 rings (SSSR count). The fraction of sp³-hybridized carbons (Fsp3) is 0.500. The highest BCUT2D eigenvalue weighted by Crippen LogP contribution is 2.17. The Morgan fingerprint density at radius 3 is 3.13 bits per heavy atom. The summed E-state index contributed by atoms with van der Waals surface area (Å²) in [5.74, 6) is -0.155. The molecule has 1 aliphatic heterocycles. The Morgan fingerprint density at radius 2 is 2.33 bits per heavy atom. The molecule has 0 amide bonds. The second-order valence-corrected chi connectivity index (χ2v) is 4.13. The van der Waals surface area contributed by atoms with Gasteiger partial charge in [-0.3, -0.25) is 0 Å². The molecular formula is C12H17FN2. The quantitative estimate of drug-likeness (QED) is 0.759. The topological polar surface area (TPSA) is 15.3 Å². The van der Waals surface area contributed by atoms with Gasteiger partial charge in [0.2, 0.25) is 0 Å². The highest BCUT2D eigenvalue weighted by Gasteiger charge is 2.14. The average Bonchev–Trinajstić information content (AvgIpc) is 2.43. The van der Waals surface area contributed by atoms with E-state index in [1.165, 1.54) is 6.07 Å². The summed E-state index contributed by atoms with van der Waals surface area (Å²) >= 11 is 0. The number of halogens is 1. The SMILES string of the molecule is CC1CN(c2cccc(F)c2)CCCN1. The number of nitrogens with one attached hydrogen (secondary N) is 1. The van der Waals surface area contributed by atoms with Gasteiger partial charge >= 0.3 is 0 Å². The predicted molar refractivity (Wildman–Crippen MR) is 60.7 cm³/mol. The van der Waals surface area contributed by atoms with Crippen LogP contribution in [0.15, 0.2) is 24.3 Å². The minimum atomic E-state index is -0.155. The standard InChI is InChI=1S/C12H17FN2/c1-10-9-15(7-3-6-14-10)12-5-2-4-11(13)8-12/h2,4-5,8,10,14H,3,6-7,9H2,1H3. The van der Waals surface area contributed by atoms with Crippen molar-refractivity contribution < 1.29 is 4.39 Å². The Labute approximate surface area is 90.1 Å². The maximum absolute atomic E-state index is 13.1. The Balaban J connectivity index is 2.14. The van der Waals surface area contributed by atoms with Crippen LogP contribution >= 0.6 is 0 Å². The van der Waals surface area contributed by atoms with Crippen molar-refractivity contribution in [2.45, 2.75) is 19.4 Å². The fourth-order valence-corrected chi connectivity index (χ4v) is 2.01. The second-order valence-electron chi connectivity index (χ2n) is 4.13. The molecule has 15 heavy (non-hydrogen) atoms. The predicted octanol–water partition coefficient (Wildman–Crippen LogP) is 2.01. The van der Waals surface area contributed by atoms with Crippen molar-refractivity contribution >= 4 is 5.69 Å². The smallest absolute Gasteiger partial charge is 0.125 e. The zero-order valence-corrected chi connectivity index (χ0v) is 9.04. The van der Waals surface area contributed by atoms with E-state index in [0.29, 0.717) is 6.04 Å². The fourth-order valence-electron chi connectivity index (χ4n) is 2.01. The van der Waals surface area contributed by atoms with E-state index in [-0.39, 0.29) is 5.82 Å². The first kappa shape index (κ1) is 10.4. The highest BCUT2D eigenvalue weighted by atomic mass is 19.1. The molecule has 0 aliphatic carbocycles. The van der Waals surface area contributed by atoms with Crippen LogP contribution in [0, 0.1) is 5.82 Å². The molecule has 1 heterocycles. The monoisotopic (exact) mass is 208 g/mol. The molecule has 2 nitrogen and oxygen atoms in total. The van der Waals surface area contributed by atoms with Crippen molar-refractivity contribution in [3.63, 3.8) is 0 Å². The summed E-state index contributed by atoms with van der Waals surface area (Å²) in [5, 5.41) is 3.42. The minimum absolute atomic E-state index is 0.155. The Bertz CT molecular complexity index is 327. The van der Waals surface area contributed by atoms with Crippen molar-refractivity contribution in [2.24, 2.45) is 0 Å².